The van der Waals surface area contributed by atoms with Crippen molar-refractivity contribution in [2.45, 2.75) is 19.6 Å². The molecule has 1 atom stereocenters. The van der Waals surface area contributed by atoms with E-state index in [0.29, 0.717) is 17.8 Å². The van der Waals surface area contributed by atoms with Crippen LogP contribution in [0.5, 0.6) is 0 Å². The number of nitrogens with zero attached hydrogens (tertiary/aromatic N) is 1. The van der Waals surface area contributed by atoms with Crippen molar-refractivity contribution in [2.24, 2.45) is 0 Å². The number of carbonyl (C=O) groups is 1. The molecule has 0 saturated carbocycles. The first-order valence-corrected chi connectivity index (χ1v) is 7.32. The second-order valence-corrected chi connectivity index (χ2v) is 5.47. The summed E-state index contributed by atoms with van der Waals surface area (Å²) < 4.78 is 20.5. The minimum atomic E-state index is -0.631. The first-order valence-electron chi connectivity index (χ1n) is 7.32. The number of halogens is 1. The number of fused-ring (bicyclic) bond motifs is 1. The zero-order chi connectivity index (χ0) is 16.4. The lowest BCUT2D eigenvalue weighted by Gasteiger charge is -2.11. The van der Waals surface area contributed by atoms with Crippen LogP contribution in [-0.4, -0.2) is 28.2 Å². The second kappa shape index (κ2) is 6.26. The molecule has 5 nitrogen and oxygen atoms in total. The van der Waals surface area contributed by atoms with Crippen molar-refractivity contribution < 1.29 is 18.7 Å². The van der Waals surface area contributed by atoms with Crippen LogP contribution in [0.1, 0.15) is 23.0 Å². The molecule has 0 fully saturated rings. The Balaban J connectivity index is 1.95. The Kier molecular flexibility index (Phi) is 4.16. The maximum atomic E-state index is 13.4. The summed E-state index contributed by atoms with van der Waals surface area (Å²) >= 11 is 0. The molecular formula is C17H17FN2O3. The molecule has 1 unspecified atom stereocenters. The molecule has 3 aromatic rings. The van der Waals surface area contributed by atoms with E-state index in [2.05, 4.69) is 5.32 Å². The Morgan fingerprint density at radius 3 is 2.96 bits per heavy atom. The van der Waals surface area contributed by atoms with Crippen molar-refractivity contribution in [1.29, 1.82) is 0 Å². The van der Waals surface area contributed by atoms with E-state index in [1.807, 2.05) is 0 Å². The number of aliphatic hydroxyl groups excluding tert-OH is 1. The summed E-state index contributed by atoms with van der Waals surface area (Å²) in [6.07, 6.45) is 0.915. The van der Waals surface area contributed by atoms with Gasteiger partial charge in [0.25, 0.3) is 5.91 Å². The molecule has 0 aliphatic heterocycles. The summed E-state index contributed by atoms with van der Waals surface area (Å²) in [6.45, 7) is 2.10. The smallest absolute Gasteiger partial charge is 0.268 e. The predicted molar refractivity (Wildman–Crippen MR) is 83.7 cm³/mol. The number of carbonyl (C=O) groups excluding carboxylic acids is 1. The van der Waals surface area contributed by atoms with Crippen molar-refractivity contribution in [2.75, 3.05) is 6.54 Å². The average molecular weight is 316 g/mol. The van der Waals surface area contributed by atoms with Crippen LogP contribution in [0, 0.1) is 5.82 Å². The summed E-state index contributed by atoms with van der Waals surface area (Å²) in [5, 5.41) is 12.0. The lowest BCUT2D eigenvalue weighted by atomic mass is 10.2. The van der Waals surface area contributed by atoms with Gasteiger partial charge in [0, 0.05) is 25.2 Å². The van der Waals surface area contributed by atoms with Gasteiger partial charge < -0.3 is 19.4 Å². The van der Waals surface area contributed by atoms with Crippen LogP contribution in [0.4, 0.5) is 4.39 Å². The highest BCUT2D eigenvalue weighted by Crippen LogP contribution is 2.22. The fraction of sp³-hybridized carbons (Fsp3) is 0.235. The van der Waals surface area contributed by atoms with Gasteiger partial charge >= 0.3 is 0 Å². The normalized spacial score (nSPS) is 12.5. The number of aromatic nitrogens is 1. The van der Waals surface area contributed by atoms with Crippen LogP contribution in [0.15, 0.2) is 47.1 Å². The molecule has 2 N–H and O–H groups in total. The summed E-state index contributed by atoms with van der Waals surface area (Å²) in [6, 6.07) is 9.65. The number of aliphatic hydroxyl groups is 1. The summed E-state index contributed by atoms with van der Waals surface area (Å²) in [7, 11) is 0. The van der Waals surface area contributed by atoms with Gasteiger partial charge in [-0.15, -0.1) is 0 Å². The Hall–Kier alpha value is -2.60. The van der Waals surface area contributed by atoms with Crippen LogP contribution < -0.4 is 5.32 Å². The van der Waals surface area contributed by atoms with Crippen molar-refractivity contribution in [3.05, 3.63) is 59.7 Å². The molecule has 2 heterocycles. The number of amides is 1. The molecule has 0 spiro atoms. The van der Waals surface area contributed by atoms with E-state index in [1.54, 1.807) is 42.0 Å². The summed E-state index contributed by atoms with van der Waals surface area (Å²) in [4.78, 5) is 12.3. The topological polar surface area (TPSA) is 67.4 Å². The molecule has 0 aliphatic rings. The van der Waals surface area contributed by atoms with Gasteiger partial charge in [0.15, 0.2) is 5.58 Å². The Bertz CT molecular complexity index is 835. The molecule has 2 aromatic heterocycles. The third-order valence-electron chi connectivity index (χ3n) is 3.54. The lowest BCUT2D eigenvalue weighted by molar-refractivity contribution is 0.0915. The van der Waals surface area contributed by atoms with E-state index in [9.17, 15) is 14.3 Å². The zero-order valence-electron chi connectivity index (χ0n) is 12.6. The Morgan fingerprint density at radius 1 is 1.39 bits per heavy atom. The van der Waals surface area contributed by atoms with E-state index >= 15 is 0 Å². The second-order valence-electron chi connectivity index (χ2n) is 5.47. The molecule has 0 aliphatic carbocycles. The third kappa shape index (κ3) is 3.27. The SMILES string of the molecule is CC(O)CNC(=O)c1cc2occc2n1Cc1cccc(F)c1. The van der Waals surface area contributed by atoms with Gasteiger partial charge in [-0.3, -0.25) is 4.79 Å². The quantitative estimate of drug-likeness (QED) is 0.760. The van der Waals surface area contributed by atoms with Crippen LogP contribution >= 0.6 is 0 Å². The molecule has 0 radical (unpaired) electrons. The van der Waals surface area contributed by atoms with E-state index in [-0.39, 0.29) is 18.3 Å². The maximum Gasteiger partial charge on any atom is 0.268 e. The van der Waals surface area contributed by atoms with Gasteiger partial charge in [-0.25, -0.2) is 4.39 Å². The van der Waals surface area contributed by atoms with Gasteiger partial charge in [-0.1, -0.05) is 12.1 Å². The van der Waals surface area contributed by atoms with Gasteiger partial charge in [-0.05, 0) is 24.6 Å². The summed E-state index contributed by atoms with van der Waals surface area (Å²) in [5.41, 5.74) is 2.50. The van der Waals surface area contributed by atoms with Crippen LogP contribution in [0.2, 0.25) is 0 Å². The fourth-order valence-corrected chi connectivity index (χ4v) is 2.48. The largest absolute Gasteiger partial charge is 0.463 e. The van der Waals surface area contributed by atoms with E-state index in [1.165, 1.54) is 12.1 Å². The van der Waals surface area contributed by atoms with Crippen molar-refractivity contribution in [1.82, 2.24) is 9.88 Å². The Morgan fingerprint density at radius 2 is 2.22 bits per heavy atom. The molecule has 0 bridgehead atoms. The van der Waals surface area contributed by atoms with Crippen molar-refractivity contribution in [3.8, 4) is 0 Å². The standard InChI is InChI=1S/C17H17FN2O3/c1-11(21)9-19-17(22)15-8-16-14(5-6-23-16)20(15)10-12-3-2-4-13(18)7-12/h2-8,11,21H,9-10H2,1H3,(H,19,22). The lowest BCUT2D eigenvalue weighted by Crippen LogP contribution is -2.32. The van der Waals surface area contributed by atoms with Gasteiger partial charge in [0.05, 0.1) is 17.9 Å². The molecule has 6 heteroatoms. The molecular weight excluding hydrogens is 299 g/mol. The maximum absolute atomic E-state index is 13.4. The number of hydrogen-bond donors (Lipinski definition) is 2. The molecule has 0 saturated heterocycles. The van der Waals surface area contributed by atoms with E-state index in [4.69, 9.17) is 4.42 Å². The zero-order valence-corrected chi connectivity index (χ0v) is 12.6. The molecule has 1 aromatic carbocycles. The number of nitrogens with one attached hydrogen (secondary N) is 1. The third-order valence-corrected chi connectivity index (χ3v) is 3.54. The van der Waals surface area contributed by atoms with Gasteiger partial charge in [0.1, 0.15) is 11.5 Å². The monoisotopic (exact) mass is 316 g/mol. The van der Waals surface area contributed by atoms with E-state index in [0.717, 1.165) is 11.1 Å². The van der Waals surface area contributed by atoms with Crippen LogP contribution in [0.3, 0.4) is 0 Å². The average Bonchev–Trinajstić information content (AvgIpc) is 3.07. The minimum Gasteiger partial charge on any atom is -0.463 e. The first-order chi connectivity index (χ1) is 11.0. The van der Waals surface area contributed by atoms with Gasteiger partial charge in [0.2, 0.25) is 0 Å². The summed E-state index contributed by atoms with van der Waals surface area (Å²) in [5.74, 6) is -0.632. The number of hydrogen-bond acceptors (Lipinski definition) is 3. The highest BCUT2D eigenvalue weighted by molar-refractivity contribution is 5.97. The number of benzene rings is 1. The molecule has 120 valence electrons. The highest BCUT2D eigenvalue weighted by atomic mass is 19.1. The predicted octanol–water partition coefficient (Wildman–Crippen LogP) is 2.53. The minimum absolute atomic E-state index is 0.158. The molecule has 1 amide bonds. The first kappa shape index (κ1) is 15.3. The Labute approximate surface area is 132 Å². The number of furan rings is 1. The highest BCUT2D eigenvalue weighted by Gasteiger charge is 2.18. The van der Waals surface area contributed by atoms with Crippen molar-refractivity contribution in [3.63, 3.8) is 0 Å². The van der Waals surface area contributed by atoms with Crippen LogP contribution in [-0.2, 0) is 6.54 Å². The number of rotatable bonds is 5. The van der Waals surface area contributed by atoms with E-state index < -0.39 is 6.10 Å². The fourth-order valence-electron chi connectivity index (χ4n) is 2.48. The van der Waals surface area contributed by atoms with Gasteiger partial charge in [-0.2, -0.15) is 0 Å². The van der Waals surface area contributed by atoms with Crippen molar-refractivity contribution >= 4 is 17.0 Å². The molecule has 23 heavy (non-hydrogen) atoms. The molecule has 3 rings (SSSR count). The van der Waals surface area contributed by atoms with Crippen LogP contribution in [0.25, 0.3) is 11.1 Å².